The van der Waals surface area contributed by atoms with E-state index in [1.165, 1.54) is 35.4 Å². The fraction of sp³-hybridized carbons (Fsp3) is 0.524. The molecule has 1 saturated heterocycles. The number of nitrogens with zero attached hydrogens (tertiary/aromatic N) is 1. The van der Waals surface area contributed by atoms with Crippen LogP contribution in [-0.4, -0.2) is 45.3 Å². The van der Waals surface area contributed by atoms with Crippen molar-refractivity contribution in [1.82, 2.24) is 10.2 Å². The van der Waals surface area contributed by atoms with Gasteiger partial charge in [-0.05, 0) is 73.0 Å². The molecule has 1 aromatic heterocycles. The van der Waals surface area contributed by atoms with Crippen LogP contribution in [0.5, 0.6) is 11.5 Å². The lowest BCUT2D eigenvalue weighted by Gasteiger charge is -2.40. The summed E-state index contributed by atoms with van der Waals surface area (Å²) < 4.78 is 11.1. The van der Waals surface area contributed by atoms with Crippen molar-refractivity contribution in [1.29, 1.82) is 0 Å². The average molecular weight is 373 g/mol. The van der Waals surface area contributed by atoms with Gasteiger partial charge in [0.05, 0.1) is 20.3 Å². The number of fused-ring (bicyclic) bond motifs is 1. The van der Waals surface area contributed by atoms with Crippen LogP contribution in [0.4, 0.5) is 0 Å². The van der Waals surface area contributed by atoms with Crippen LogP contribution in [0.1, 0.15) is 34.9 Å². The first-order valence-electron chi connectivity index (χ1n) is 9.53. The zero-order valence-corrected chi connectivity index (χ0v) is 16.5. The second-order valence-electron chi connectivity index (χ2n) is 7.26. The maximum atomic E-state index is 5.60. The molecule has 0 saturated carbocycles. The quantitative estimate of drug-likeness (QED) is 0.867. The number of hydrogen-bond acceptors (Lipinski definition) is 5. The van der Waals surface area contributed by atoms with E-state index in [0.29, 0.717) is 6.04 Å². The van der Waals surface area contributed by atoms with Crippen molar-refractivity contribution in [2.75, 3.05) is 40.4 Å². The van der Waals surface area contributed by atoms with E-state index >= 15 is 0 Å². The fourth-order valence-corrected chi connectivity index (χ4v) is 5.25. The van der Waals surface area contributed by atoms with E-state index in [1.54, 1.807) is 14.2 Å². The predicted octanol–water partition coefficient (Wildman–Crippen LogP) is 3.71. The highest BCUT2D eigenvalue weighted by atomic mass is 32.1. The molecule has 5 heteroatoms. The van der Waals surface area contributed by atoms with Gasteiger partial charge in [0, 0.05) is 18.0 Å². The standard InChI is InChI=1S/C21H28N2O2S/c1-24-18-12-16-7-10-23(14-15-5-8-22-9-6-15)21(20-4-3-11-26-20)17(16)13-19(18)25-2/h3-4,11-13,15,21-22H,5-10,14H2,1-2H3. The molecule has 3 heterocycles. The lowest BCUT2D eigenvalue weighted by molar-refractivity contribution is 0.164. The number of methoxy groups -OCH3 is 2. The average Bonchev–Trinajstić information content (AvgIpc) is 3.21. The second-order valence-corrected chi connectivity index (χ2v) is 8.24. The first kappa shape index (κ1) is 17.8. The van der Waals surface area contributed by atoms with Gasteiger partial charge in [0.2, 0.25) is 0 Å². The molecule has 0 amide bonds. The van der Waals surface area contributed by atoms with Gasteiger partial charge in [0.15, 0.2) is 11.5 Å². The molecule has 0 aliphatic carbocycles. The second kappa shape index (κ2) is 7.99. The summed E-state index contributed by atoms with van der Waals surface area (Å²) in [6.07, 6.45) is 3.64. The monoisotopic (exact) mass is 372 g/mol. The van der Waals surface area contributed by atoms with E-state index < -0.39 is 0 Å². The van der Waals surface area contributed by atoms with E-state index in [9.17, 15) is 0 Å². The van der Waals surface area contributed by atoms with Gasteiger partial charge in [0.25, 0.3) is 0 Å². The fourth-order valence-electron chi connectivity index (χ4n) is 4.37. The minimum absolute atomic E-state index is 0.327. The Morgan fingerprint density at radius 1 is 1.15 bits per heavy atom. The van der Waals surface area contributed by atoms with Crippen LogP contribution in [0, 0.1) is 5.92 Å². The number of rotatable bonds is 5. The Morgan fingerprint density at radius 2 is 1.92 bits per heavy atom. The molecule has 26 heavy (non-hydrogen) atoms. The summed E-state index contributed by atoms with van der Waals surface area (Å²) in [7, 11) is 3.44. The third-order valence-electron chi connectivity index (χ3n) is 5.74. The summed E-state index contributed by atoms with van der Waals surface area (Å²) in [6, 6.07) is 9.14. The molecule has 1 atom stereocenters. The van der Waals surface area contributed by atoms with Crippen LogP contribution in [0.3, 0.4) is 0 Å². The molecule has 1 unspecified atom stereocenters. The number of ether oxygens (including phenoxy) is 2. The van der Waals surface area contributed by atoms with Crippen molar-refractivity contribution in [2.24, 2.45) is 5.92 Å². The summed E-state index contributed by atoms with van der Waals surface area (Å²) in [5, 5.41) is 5.67. The van der Waals surface area contributed by atoms with Gasteiger partial charge in [-0.2, -0.15) is 0 Å². The highest BCUT2D eigenvalue weighted by Gasteiger charge is 2.32. The molecule has 140 valence electrons. The minimum atomic E-state index is 0.327. The third kappa shape index (κ3) is 3.48. The normalized spacial score (nSPS) is 21.4. The predicted molar refractivity (Wildman–Crippen MR) is 107 cm³/mol. The Hall–Kier alpha value is -1.56. The molecule has 4 rings (SSSR count). The molecule has 2 aliphatic rings. The van der Waals surface area contributed by atoms with Gasteiger partial charge < -0.3 is 14.8 Å². The number of nitrogens with one attached hydrogen (secondary N) is 1. The van der Waals surface area contributed by atoms with Crippen LogP contribution in [0.25, 0.3) is 0 Å². The zero-order chi connectivity index (χ0) is 17.9. The maximum absolute atomic E-state index is 5.60. The van der Waals surface area contributed by atoms with E-state index in [2.05, 4.69) is 39.9 Å². The Morgan fingerprint density at radius 3 is 2.62 bits per heavy atom. The van der Waals surface area contributed by atoms with Gasteiger partial charge in [-0.15, -0.1) is 11.3 Å². The van der Waals surface area contributed by atoms with Crippen molar-refractivity contribution in [3.05, 3.63) is 45.6 Å². The first-order valence-corrected chi connectivity index (χ1v) is 10.4. The van der Waals surface area contributed by atoms with Crippen LogP contribution in [0.15, 0.2) is 29.6 Å². The Labute approximate surface area is 160 Å². The van der Waals surface area contributed by atoms with Crippen LogP contribution >= 0.6 is 11.3 Å². The summed E-state index contributed by atoms with van der Waals surface area (Å²) in [5.41, 5.74) is 2.77. The Balaban J connectivity index is 1.69. The summed E-state index contributed by atoms with van der Waals surface area (Å²) >= 11 is 1.86. The van der Waals surface area contributed by atoms with Crippen molar-refractivity contribution in [2.45, 2.75) is 25.3 Å². The molecule has 1 N–H and O–H groups in total. The van der Waals surface area contributed by atoms with E-state index in [1.807, 2.05) is 11.3 Å². The van der Waals surface area contributed by atoms with E-state index in [4.69, 9.17) is 9.47 Å². The highest BCUT2D eigenvalue weighted by Crippen LogP contribution is 2.42. The number of hydrogen-bond donors (Lipinski definition) is 1. The molecule has 4 nitrogen and oxygen atoms in total. The van der Waals surface area contributed by atoms with Crippen molar-refractivity contribution < 1.29 is 9.47 Å². The van der Waals surface area contributed by atoms with Gasteiger partial charge in [-0.25, -0.2) is 0 Å². The summed E-state index contributed by atoms with van der Waals surface area (Å²) in [4.78, 5) is 4.11. The SMILES string of the molecule is COc1cc2c(cc1OC)C(c1cccs1)N(CC1CCNCC1)CC2. The number of thiophene rings is 1. The van der Waals surface area contributed by atoms with Crippen LogP contribution < -0.4 is 14.8 Å². The van der Waals surface area contributed by atoms with E-state index in [-0.39, 0.29) is 0 Å². The third-order valence-corrected chi connectivity index (χ3v) is 6.66. The van der Waals surface area contributed by atoms with Crippen molar-refractivity contribution in [3.8, 4) is 11.5 Å². The lowest BCUT2D eigenvalue weighted by atomic mass is 9.88. The molecule has 0 spiro atoms. The molecule has 2 aromatic rings. The Kier molecular flexibility index (Phi) is 5.48. The van der Waals surface area contributed by atoms with Crippen molar-refractivity contribution in [3.63, 3.8) is 0 Å². The first-order chi connectivity index (χ1) is 12.8. The highest BCUT2D eigenvalue weighted by molar-refractivity contribution is 7.10. The summed E-state index contributed by atoms with van der Waals surface area (Å²) in [5.74, 6) is 2.46. The van der Waals surface area contributed by atoms with Crippen LogP contribution in [-0.2, 0) is 6.42 Å². The number of piperidine rings is 1. The zero-order valence-electron chi connectivity index (χ0n) is 15.7. The summed E-state index contributed by atoms with van der Waals surface area (Å²) in [6.45, 7) is 4.60. The van der Waals surface area contributed by atoms with Gasteiger partial charge >= 0.3 is 0 Å². The van der Waals surface area contributed by atoms with E-state index in [0.717, 1.165) is 43.5 Å². The lowest BCUT2D eigenvalue weighted by Crippen LogP contribution is -2.41. The molecule has 1 aromatic carbocycles. The maximum Gasteiger partial charge on any atom is 0.161 e. The smallest absolute Gasteiger partial charge is 0.161 e. The largest absolute Gasteiger partial charge is 0.493 e. The van der Waals surface area contributed by atoms with Gasteiger partial charge in [-0.1, -0.05) is 6.07 Å². The molecular weight excluding hydrogens is 344 g/mol. The van der Waals surface area contributed by atoms with Gasteiger partial charge in [0.1, 0.15) is 0 Å². The molecule has 0 radical (unpaired) electrons. The van der Waals surface area contributed by atoms with Gasteiger partial charge in [-0.3, -0.25) is 4.90 Å². The molecule has 2 aliphatic heterocycles. The minimum Gasteiger partial charge on any atom is -0.493 e. The van der Waals surface area contributed by atoms with Crippen molar-refractivity contribution >= 4 is 11.3 Å². The Bertz CT molecular complexity index is 726. The molecule has 0 bridgehead atoms. The topological polar surface area (TPSA) is 33.7 Å². The molecule has 1 fully saturated rings. The molecular formula is C21H28N2O2S. The van der Waals surface area contributed by atoms with Crippen LogP contribution in [0.2, 0.25) is 0 Å². The number of benzene rings is 1.